The summed E-state index contributed by atoms with van der Waals surface area (Å²) in [6.45, 7) is 8.00. The molecule has 1 unspecified atom stereocenters. The Bertz CT molecular complexity index is 98.9. The summed E-state index contributed by atoms with van der Waals surface area (Å²) in [4.78, 5) is 5.35. The fourth-order valence-electron chi connectivity index (χ4n) is 0.915. The summed E-state index contributed by atoms with van der Waals surface area (Å²) in [5, 5.41) is 0. The third kappa shape index (κ3) is 8.22. The molecule has 0 rings (SSSR count). The monoisotopic (exact) mass is 189 g/mol. The van der Waals surface area contributed by atoms with E-state index in [4.69, 9.17) is 9.57 Å². The van der Waals surface area contributed by atoms with Gasteiger partial charge < -0.3 is 4.74 Å². The first kappa shape index (κ1) is 12.9. The molecule has 3 heteroatoms. The Kier molecular flexibility index (Phi) is 9.87. The summed E-state index contributed by atoms with van der Waals surface area (Å²) in [6, 6.07) is 0. The molecule has 0 radical (unpaired) electrons. The molecule has 0 fully saturated rings. The van der Waals surface area contributed by atoms with Gasteiger partial charge in [-0.25, -0.2) is 0 Å². The number of ether oxygens (including phenoxy) is 1. The van der Waals surface area contributed by atoms with Crippen LogP contribution >= 0.6 is 0 Å². The molecular formula is C10H23NO2. The lowest BCUT2D eigenvalue weighted by Gasteiger charge is -2.17. The van der Waals surface area contributed by atoms with Crippen molar-refractivity contribution in [2.75, 3.05) is 13.2 Å². The normalized spacial score (nSPS) is 13.2. The van der Waals surface area contributed by atoms with Crippen LogP contribution in [0.3, 0.4) is 0 Å². The van der Waals surface area contributed by atoms with Gasteiger partial charge in [-0.3, -0.25) is 4.84 Å². The molecule has 0 amide bonds. The van der Waals surface area contributed by atoms with E-state index in [-0.39, 0.29) is 6.29 Å². The first-order chi connectivity index (χ1) is 6.35. The number of rotatable bonds is 9. The van der Waals surface area contributed by atoms with Crippen molar-refractivity contribution >= 4 is 0 Å². The summed E-state index contributed by atoms with van der Waals surface area (Å²) >= 11 is 0. The minimum Gasteiger partial charge on any atom is -0.351 e. The standard InChI is InChI=1S/C10H23NO2/c1-4-7-10(12-9-6-3)13-11-8-5-2/h10-11H,4-9H2,1-3H3. The molecule has 0 aliphatic heterocycles. The van der Waals surface area contributed by atoms with Crippen LogP contribution in [0.2, 0.25) is 0 Å². The maximum absolute atomic E-state index is 5.49. The predicted octanol–water partition coefficient (Wildman–Crippen LogP) is 2.47. The highest BCUT2D eigenvalue weighted by Gasteiger charge is 2.06. The highest BCUT2D eigenvalue weighted by molar-refractivity contribution is 4.42. The Hall–Kier alpha value is -0.120. The van der Waals surface area contributed by atoms with Crippen LogP contribution in [0.5, 0.6) is 0 Å². The maximum Gasteiger partial charge on any atom is 0.177 e. The molecule has 0 heterocycles. The largest absolute Gasteiger partial charge is 0.351 e. The van der Waals surface area contributed by atoms with E-state index in [0.29, 0.717) is 0 Å². The molecular weight excluding hydrogens is 166 g/mol. The van der Waals surface area contributed by atoms with E-state index in [9.17, 15) is 0 Å². The van der Waals surface area contributed by atoms with Gasteiger partial charge >= 0.3 is 0 Å². The molecule has 0 saturated heterocycles. The molecule has 1 N–H and O–H groups in total. The van der Waals surface area contributed by atoms with Crippen LogP contribution < -0.4 is 5.48 Å². The van der Waals surface area contributed by atoms with E-state index in [1.54, 1.807) is 0 Å². The van der Waals surface area contributed by atoms with Crippen molar-refractivity contribution in [1.29, 1.82) is 0 Å². The third-order valence-corrected chi connectivity index (χ3v) is 1.60. The number of hydrogen-bond donors (Lipinski definition) is 1. The molecule has 0 bridgehead atoms. The second kappa shape index (κ2) is 9.96. The van der Waals surface area contributed by atoms with Crippen LogP contribution in [0.1, 0.15) is 46.5 Å². The predicted molar refractivity (Wildman–Crippen MR) is 54.3 cm³/mol. The zero-order chi connectivity index (χ0) is 9.94. The Morgan fingerprint density at radius 1 is 1.08 bits per heavy atom. The third-order valence-electron chi connectivity index (χ3n) is 1.60. The van der Waals surface area contributed by atoms with Crippen molar-refractivity contribution in [2.24, 2.45) is 0 Å². The number of hydrogen-bond acceptors (Lipinski definition) is 3. The fourth-order valence-corrected chi connectivity index (χ4v) is 0.915. The van der Waals surface area contributed by atoms with Crippen LogP contribution in [0.4, 0.5) is 0 Å². The van der Waals surface area contributed by atoms with Gasteiger partial charge in [-0.2, -0.15) is 5.48 Å². The second-order valence-corrected chi connectivity index (χ2v) is 3.10. The Labute approximate surface area is 81.8 Å². The van der Waals surface area contributed by atoms with Gasteiger partial charge in [0.05, 0.1) is 0 Å². The summed E-state index contributed by atoms with van der Waals surface area (Å²) in [6.07, 6.45) is 4.08. The number of hydroxylamine groups is 1. The quantitative estimate of drug-likeness (QED) is 0.343. The van der Waals surface area contributed by atoms with Gasteiger partial charge in [0.15, 0.2) is 6.29 Å². The Morgan fingerprint density at radius 3 is 2.38 bits per heavy atom. The van der Waals surface area contributed by atoms with Gasteiger partial charge in [-0.05, 0) is 19.3 Å². The van der Waals surface area contributed by atoms with Gasteiger partial charge in [-0.1, -0.05) is 27.2 Å². The van der Waals surface area contributed by atoms with E-state index >= 15 is 0 Å². The van der Waals surface area contributed by atoms with Crippen molar-refractivity contribution in [3.05, 3.63) is 0 Å². The molecule has 0 aromatic heterocycles. The van der Waals surface area contributed by atoms with Gasteiger partial charge in [0.25, 0.3) is 0 Å². The summed E-state index contributed by atoms with van der Waals surface area (Å²) in [5.74, 6) is 0. The lowest BCUT2D eigenvalue weighted by Crippen LogP contribution is -2.27. The van der Waals surface area contributed by atoms with Crippen molar-refractivity contribution in [3.63, 3.8) is 0 Å². The minimum atomic E-state index is -0.0727. The fraction of sp³-hybridized carbons (Fsp3) is 1.00. The second-order valence-electron chi connectivity index (χ2n) is 3.10. The molecule has 0 aromatic rings. The molecule has 0 spiro atoms. The molecule has 80 valence electrons. The van der Waals surface area contributed by atoms with Crippen molar-refractivity contribution < 1.29 is 9.57 Å². The van der Waals surface area contributed by atoms with Gasteiger partial charge in [0.2, 0.25) is 0 Å². The zero-order valence-electron chi connectivity index (χ0n) is 9.14. The number of nitrogens with one attached hydrogen (secondary N) is 1. The van der Waals surface area contributed by atoms with Gasteiger partial charge in [-0.15, -0.1) is 0 Å². The molecule has 0 aliphatic carbocycles. The average Bonchev–Trinajstić information content (AvgIpc) is 2.14. The van der Waals surface area contributed by atoms with E-state index < -0.39 is 0 Å². The van der Waals surface area contributed by atoms with Gasteiger partial charge in [0.1, 0.15) is 0 Å². The van der Waals surface area contributed by atoms with Crippen LogP contribution in [0, 0.1) is 0 Å². The van der Waals surface area contributed by atoms with E-state index in [2.05, 4.69) is 26.3 Å². The first-order valence-corrected chi connectivity index (χ1v) is 5.35. The zero-order valence-corrected chi connectivity index (χ0v) is 9.14. The van der Waals surface area contributed by atoms with Crippen LogP contribution in [0.15, 0.2) is 0 Å². The average molecular weight is 189 g/mol. The van der Waals surface area contributed by atoms with Crippen LogP contribution in [0.25, 0.3) is 0 Å². The van der Waals surface area contributed by atoms with E-state index in [1.807, 2.05) is 0 Å². The lowest BCUT2D eigenvalue weighted by atomic mass is 10.3. The SMILES string of the molecule is CCCNOC(CCC)OCCC. The first-order valence-electron chi connectivity index (χ1n) is 5.35. The minimum absolute atomic E-state index is 0.0727. The summed E-state index contributed by atoms with van der Waals surface area (Å²) in [5.41, 5.74) is 2.90. The highest BCUT2D eigenvalue weighted by atomic mass is 16.8. The van der Waals surface area contributed by atoms with E-state index in [1.165, 1.54) is 0 Å². The molecule has 0 saturated carbocycles. The molecule has 13 heavy (non-hydrogen) atoms. The Morgan fingerprint density at radius 2 is 1.85 bits per heavy atom. The smallest absolute Gasteiger partial charge is 0.177 e. The topological polar surface area (TPSA) is 30.5 Å². The Balaban J connectivity index is 3.41. The maximum atomic E-state index is 5.49. The summed E-state index contributed by atoms with van der Waals surface area (Å²) in [7, 11) is 0. The lowest BCUT2D eigenvalue weighted by molar-refractivity contribution is -0.182. The van der Waals surface area contributed by atoms with Crippen LogP contribution in [-0.2, 0) is 9.57 Å². The molecule has 1 atom stereocenters. The van der Waals surface area contributed by atoms with E-state index in [0.717, 1.165) is 38.8 Å². The molecule has 0 aromatic carbocycles. The van der Waals surface area contributed by atoms with Gasteiger partial charge in [0, 0.05) is 13.2 Å². The van der Waals surface area contributed by atoms with Crippen molar-refractivity contribution in [3.8, 4) is 0 Å². The molecule has 3 nitrogen and oxygen atoms in total. The van der Waals surface area contributed by atoms with Crippen molar-refractivity contribution in [1.82, 2.24) is 5.48 Å². The molecule has 0 aliphatic rings. The van der Waals surface area contributed by atoms with Crippen LogP contribution in [-0.4, -0.2) is 19.4 Å². The summed E-state index contributed by atoms with van der Waals surface area (Å²) < 4.78 is 5.49. The van der Waals surface area contributed by atoms with Crippen molar-refractivity contribution in [2.45, 2.75) is 52.7 Å². The highest BCUT2D eigenvalue weighted by Crippen LogP contribution is 2.02.